The minimum atomic E-state index is 0.541. The van der Waals surface area contributed by atoms with Crippen LogP contribution in [0.25, 0.3) is 0 Å². The zero-order valence-corrected chi connectivity index (χ0v) is 9.39. The maximum Gasteiger partial charge on any atom is 0.119 e. The Balaban J connectivity index is 2.50. The molecule has 0 radical (unpaired) electrons. The molecule has 1 aromatic rings. The highest BCUT2D eigenvalue weighted by molar-refractivity contribution is 6.17. The van der Waals surface area contributed by atoms with Crippen LogP contribution in [-0.2, 0) is 6.42 Å². The predicted molar refractivity (Wildman–Crippen MR) is 61.3 cm³/mol. The highest BCUT2D eigenvalue weighted by Gasteiger charge is 1.96. The molecule has 14 heavy (non-hydrogen) atoms. The molecular weight excluding hydrogens is 196 g/mol. The summed E-state index contributed by atoms with van der Waals surface area (Å²) in [6, 6.07) is 8.25. The Kier molecular flexibility index (Phi) is 5.46. The van der Waals surface area contributed by atoms with Gasteiger partial charge in [-0.05, 0) is 30.5 Å². The van der Waals surface area contributed by atoms with Gasteiger partial charge in [0.2, 0.25) is 0 Å². The van der Waals surface area contributed by atoms with Crippen LogP contribution < -0.4 is 4.74 Å². The average molecular weight is 213 g/mol. The second-order valence-electron chi connectivity index (χ2n) is 3.29. The normalized spacial score (nSPS) is 10.1. The lowest BCUT2D eigenvalue weighted by atomic mass is 10.1. The molecule has 0 aliphatic rings. The molecule has 0 aliphatic heterocycles. The number of ether oxygens (including phenoxy) is 1. The maximum atomic E-state index is 5.55. The van der Waals surface area contributed by atoms with E-state index in [0.717, 1.165) is 12.2 Å². The molecule has 0 amide bonds. The number of benzene rings is 1. The summed E-state index contributed by atoms with van der Waals surface area (Å²) in [7, 11) is 0. The van der Waals surface area contributed by atoms with Crippen molar-refractivity contribution in [2.75, 3.05) is 12.5 Å². The van der Waals surface area contributed by atoms with Crippen molar-refractivity contribution >= 4 is 11.6 Å². The summed E-state index contributed by atoms with van der Waals surface area (Å²) in [5, 5.41) is 0. The van der Waals surface area contributed by atoms with Crippen LogP contribution in [0.4, 0.5) is 0 Å². The quantitative estimate of drug-likeness (QED) is 0.655. The zero-order chi connectivity index (χ0) is 10.2. The first-order chi connectivity index (χ1) is 6.86. The summed E-state index contributed by atoms with van der Waals surface area (Å²) < 4.78 is 5.44. The second kappa shape index (κ2) is 6.72. The Labute approximate surface area is 91.0 Å². The lowest BCUT2D eigenvalue weighted by molar-refractivity contribution is 0.342. The standard InChI is InChI=1S/C12H17ClO/c1-2-3-5-11-6-4-7-12(10-11)14-9-8-13/h4,6-7,10H,2-3,5,8-9H2,1H3. The van der Waals surface area contributed by atoms with Crippen molar-refractivity contribution in [3.63, 3.8) is 0 Å². The summed E-state index contributed by atoms with van der Waals surface area (Å²) in [6.45, 7) is 2.78. The Bertz CT molecular complexity index is 237. The largest absolute Gasteiger partial charge is 0.492 e. The van der Waals surface area contributed by atoms with Crippen LogP contribution in [-0.4, -0.2) is 12.5 Å². The third-order valence-electron chi connectivity index (χ3n) is 2.06. The number of hydrogen-bond acceptors (Lipinski definition) is 1. The first-order valence-electron chi connectivity index (χ1n) is 5.14. The molecule has 1 nitrogen and oxygen atoms in total. The number of aryl methyl sites for hydroxylation is 1. The summed E-state index contributed by atoms with van der Waals surface area (Å²) in [6.07, 6.45) is 3.60. The first kappa shape index (κ1) is 11.4. The van der Waals surface area contributed by atoms with E-state index in [-0.39, 0.29) is 0 Å². The summed E-state index contributed by atoms with van der Waals surface area (Å²) in [4.78, 5) is 0. The van der Waals surface area contributed by atoms with Gasteiger partial charge >= 0.3 is 0 Å². The molecular formula is C12H17ClO. The molecule has 2 heteroatoms. The van der Waals surface area contributed by atoms with Crippen LogP contribution in [0.5, 0.6) is 5.75 Å². The molecule has 0 spiro atoms. The summed E-state index contributed by atoms with van der Waals surface area (Å²) >= 11 is 5.55. The molecule has 0 unspecified atom stereocenters. The van der Waals surface area contributed by atoms with E-state index in [1.54, 1.807) is 0 Å². The molecule has 0 saturated carbocycles. The Morgan fingerprint density at radius 3 is 2.93 bits per heavy atom. The van der Waals surface area contributed by atoms with Crippen LogP contribution in [0.1, 0.15) is 25.3 Å². The van der Waals surface area contributed by atoms with Gasteiger partial charge in [-0.3, -0.25) is 0 Å². The molecule has 0 aliphatic carbocycles. The van der Waals surface area contributed by atoms with Gasteiger partial charge in [-0.15, -0.1) is 11.6 Å². The van der Waals surface area contributed by atoms with Crippen molar-refractivity contribution in [3.05, 3.63) is 29.8 Å². The molecule has 1 aromatic carbocycles. The van der Waals surface area contributed by atoms with Gasteiger partial charge in [0.25, 0.3) is 0 Å². The van der Waals surface area contributed by atoms with E-state index in [4.69, 9.17) is 16.3 Å². The fourth-order valence-corrected chi connectivity index (χ4v) is 1.41. The van der Waals surface area contributed by atoms with Crippen molar-refractivity contribution in [3.8, 4) is 5.75 Å². The van der Waals surface area contributed by atoms with E-state index in [9.17, 15) is 0 Å². The molecule has 0 fully saturated rings. The Hall–Kier alpha value is -0.690. The molecule has 0 atom stereocenters. The van der Waals surface area contributed by atoms with Gasteiger partial charge < -0.3 is 4.74 Å². The van der Waals surface area contributed by atoms with Crippen molar-refractivity contribution < 1.29 is 4.74 Å². The number of alkyl halides is 1. The van der Waals surface area contributed by atoms with E-state index in [2.05, 4.69) is 19.1 Å². The topological polar surface area (TPSA) is 9.23 Å². The molecule has 1 rings (SSSR count). The maximum absolute atomic E-state index is 5.55. The molecule has 0 bridgehead atoms. The third kappa shape index (κ3) is 4.01. The first-order valence-corrected chi connectivity index (χ1v) is 5.68. The fourth-order valence-electron chi connectivity index (χ4n) is 1.33. The van der Waals surface area contributed by atoms with E-state index in [1.165, 1.54) is 18.4 Å². The van der Waals surface area contributed by atoms with Gasteiger partial charge in [-0.2, -0.15) is 0 Å². The summed E-state index contributed by atoms with van der Waals surface area (Å²) in [5.74, 6) is 1.47. The number of halogens is 1. The van der Waals surface area contributed by atoms with E-state index in [1.807, 2.05) is 12.1 Å². The van der Waals surface area contributed by atoms with Crippen LogP contribution >= 0.6 is 11.6 Å². The van der Waals surface area contributed by atoms with Gasteiger partial charge in [0.05, 0.1) is 5.88 Å². The molecule has 0 heterocycles. The van der Waals surface area contributed by atoms with Gasteiger partial charge in [0, 0.05) is 0 Å². The number of unbranched alkanes of at least 4 members (excludes halogenated alkanes) is 1. The summed E-state index contributed by atoms with van der Waals surface area (Å²) in [5.41, 5.74) is 1.35. The van der Waals surface area contributed by atoms with Crippen molar-refractivity contribution in [2.24, 2.45) is 0 Å². The van der Waals surface area contributed by atoms with Gasteiger partial charge in [0.1, 0.15) is 12.4 Å². The van der Waals surface area contributed by atoms with E-state index >= 15 is 0 Å². The highest BCUT2D eigenvalue weighted by atomic mass is 35.5. The zero-order valence-electron chi connectivity index (χ0n) is 8.63. The van der Waals surface area contributed by atoms with E-state index in [0.29, 0.717) is 12.5 Å². The lowest BCUT2D eigenvalue weighted by Crippen LogP contribution is -1.98. The molecule has 0 N–H and O–H groups in total. The fraction of sp³-hybridized carbons (Fsp3) is 0.500. The molecule has 0 aromatic heterocycles. The van der Waals surface area contributed by atoms with Crippen molar-refractivity contribution in [1.29, 1.82) is 0 Å². The van der Waals surface area contributed by atoms with Crippen molar-refractivity contribution in [1.82, 2.24) is 0 Å². The third-order valence-corrected chi connectivity index (χ3v) is 2.22. The van der Waals surface area contributed by atoms with Gasteiger partial charge in [0.15, 0.2) is 0 Å². The highest BCUT2D eigenvalue weighted by Crippen LogP contribution is 2.15. The van der Waals surface area contributed by atoms with Crippen LogP contribution in [0.3, 0.4) is 0 Å². The predicted octanol–water partition coefficient (Wildman–Crippen LogP) is 3.65. The lowest BCUT2D eigenvalue weighted by Gasteiger charge is -2.05. The smallest absolute Gasteiger partial charge is 0.119 e. The number of hydrogen-bond donors (Lipinski definition) is 0. The number of rotatable bonds is 6. The van der Waals surface area contributed by atoms with Gasteiger partial charge in [-0.1, -0.05) is 25.5 Å². The SMILES string of the molecule is CCCCc1cccc(OCCCl)c1. The minimum absolute atomic E-state index is 0.541. The van der Waals surface area contributed by atoms with Crippen LogP contribution in [0.2, 0.25) is 0 Å². The molecule has 78 valence electrons. The molecule has 0 saturated heterocycles. The second-order valence-corrected chi connectivity index (χ2v) is 3.67. The van der Waals surface area contributed by atoms with Crippen molar-refractivity contribution in [2.45, 2.75) is 26.2 Å². The van der Waals surface area contributed by atoms with Crippen LogP contribution in [0.15, 0.2) is 24.3 Å². The van der Waals surface area contributed by atoms with E-state index < -0.39 is 0 Å². The Morgan fingerprint density at radius 1 is 1.36 bits per heavy atom. The average Bonchev–Trinajstić information content (AvgIpc) is 2.24. The monoisotopic (exact) mass is 212 g/mol. The van der Waals surface area contributed by atoms with Gasteiger partial charge in [-0.25, -0.2) is 0 Å². The van der Waals surface area contributed by atoms with Crippen LogP contribution in [0, 0.1) is 0 Å². The Morgan fingerprint density at radius 2 is 2.21 bits per heavy atom. The minimum Gasteiger partial charge on any atom is -0.492 e.